The van der Waals surface area contributed by atoms with Crippen molar-refractivity contribution >= 4 is 16.9 Å². The number of benzene rings is 1. The summed E-state index contributed by atoms with van der Waals surface area (Å²) >= 11 is 0. The van der Waals surface area contributed by atoms with Gasteiger partial charge in [-0.3, -0.25) is 9.78 Å². The molecule has 3 aromatic rings. The van der Waals surface area contributed by atoms with Crippen molar-refractivity contribution in [3.63, 3.8) is 0 Å². The number of carbonyl (C=O) groups excluding carboxylic acids is 1. The van der Waals surface area contributed by atoms with Crippen LogP contribution >= 0.6 is 0 Å². The van der Waals surface area contributed by atoms with Crippen molar-refractivity contribution in [2.75, 3.05) is 13.6 Å². The smallest absolute Gasteiger partial charge is 0.226 e. The standard InChI is InChI=1S/C20H22N2O2/c1-14-10-18-16(13-24-19(18)11-15(14)2)12-20(23)22(3)9-7-17-6-4-5-8-21-17/h4-6,8,10-11,13H,7,9,12H2,1-3H3. The van der Waals surface area contributed by atoms with E-state index in [9.17, 15) is 4.79 Å². The Balaban J connectivity index is 1.67. The monoisotopic (exact) mass is 322 g/mol. The predicted octanol–water partition coefficient (Wildman–Crippen LogP) is 3.69. The quantitative estimate of drug-likeness (QED) is 0.720. The second-order valence-corrected chi connectivity index (χ2v) is 6.26. The van der Waals surface area contributed by atoms with Crippen LogP contribution in [-0.4, -0.2) is 29.4 Å². The lowest BCUT2D eigenvalue weighted by Crippen LogP contribution is -2.30. The lowest BCUT2D eigenvalue weighted by Gasteiger charge is -2.16. The van der Waals surface area contributed by atoms with Crippen LogP contribution in [0.3, 0.4) is 0 Å². The Labute approximate surface area is 142 Å². The lowest BCUT2D eigenvalue weighted by molar-refractivity contribution is -0.129. The van der Waals surface area contributed by atoms with Gasteiger partial charge in [0.2, 0.25) is 5.91 Å². The fourth-order valence-corrected chi connectivity index (χ4v) is 2.72. The summed E-state index contributed by atoms with van der Waals surface area (Å²) in [6, 6.07) is 9.97. The second kappa shape index (κ2) is 6.87. The highest BCUT2D eigenvalue weighted by Gasteiger charge is 2.14. The minimum Gasteiger partial charge on any atom is -0.464 e. The number of furan rings is 1. The van der Waals surface area contributed by atoms with Gasteiger partial charge < -0.3 is 9.32 Å². The molecule has 0 aliphatic carbocycles. The highest BCUT2D eigenvalue weighted by molar-refractivity contribution is 5.88. The van der Waals surface area contributed by atoms with Crippen LogP contribution in [0.4, 0.5) is 0 Å². The molecule has 0 spiro atoms. The molecule has 0 bridgehead atoms. The van der Waals surface area contributed by atoms with Gasteiger partial charge in [-0.05, 0) is 49.2 Å². The average Bonchev–Trinajstić information content (AvgIpc) is 2.96. The highest BCUT2D eigenvalue weighted by Crippen LogP contribution is 2.25. The third kappa shape index (κ3) is 3.48. The summed E-state index contributed by atoms with van der Waals surface area (Å²) in [5.74, 6) is 0.0897. The molecule has 1 amide bonds. The van der Waals surface area contributed by atoms with Gasteiger partial charge in [0.25, 0.3) is 0 Å². The van der Waals surface area contributed by atoms with E-state index in [4.69, 9.17) is 4.42 Å². The van der Waals surface area contributed by atoms with E-state index in [1.54, 1.807) is 17.4 Å². The zero-order valence-electron chi connectivity index (χ0n) is 14.4. The van der Waals surface area contributed by atoms with Crippen molar-refractivity contribution in [2.24, 2.45) is 0 Å². The zero-order chi connectivity index (χ0) is 17.1. The Hall–Kier alpha value is -2.62. The molecule has 0 aliphatic rings. The molecule has 1 aromatic carbocycles. The minimum absolute atomic E-state index is 0.0897. The molecule has 2 heterocycles. The number of pyridine rings is 1. The van der Waals surface area contributed by atoms with Gasteiger partial charge in [-0.25, -0.2) is 0 Å². The number of nitrogens with zero attached hydrogens (tertiary/aromatic N) is 2. The number of carbonyl (C=O) groups is 1. The van der Waals surface area contributed by atoms with E-state index in [1.165, 1.54) is 11.1 Å². The maximum absolute atomic E-state index is 12.5. The molecule has 0 N–H and O–H groups in total. The van der Waals surface area contributed by atoms with Crippen LogP contribution in [0, 0.1) is 13.8 Å². The first-order valence-corrected chi connectivity index (χ1v) is 8.16. The Morgan fingerprint density at radius 1 is 1.21 bits per heavy atom. The van der Waals surface area contributed by atoms with Gasteiger partial charge in [0.05, 0.1) is 12.7 Å². The Bertz CT molecular complexity index is 853. The number of amides is 1. The molecular weight excluding hydrogens is 300 g/mol. The van der Waals surface area contributed by atoms with Crippen molar-refractivity contribution in [1.29, 1.82) is 0 Å². The number of hydrogen-bond acceptors (Lipinski definition) is 3. The van der Waals surface area contributed by atoms with Gasteiger partial charge in [-0.1, -0.05) is 6.07 Å². The molecule has 2 aromatic heterocycles. The van der Waals surface area contributed by atoms with Gasteiger partial charge in [0, 0.05) is 42.9 Å². The molecule has 0 saturated heterocycles. The van der Waals surface area contributed by atoms with E-state index in [2.05, 4.69) is 24.9 Å². The van der Waals surface area contributed by atoms with E-state index in [1.807, 2.05) is 31.3 Å². The lowest BCUT2D eigenvalue weighted by atomic mass is 10.0. The third-order valence-electron chi connectivity index (χ3n) is 4.47. The SMILES string of the molecule is Cc1cc2occ(CC(=O)N(C)CCc3ccccn3)c2cc1C. The Morgan fingerprint density at radius 2 is 2.00 bits per heavy atom. The molecule has 0 unspecified atom stereocenters. The Kier molecular flexibility index (Phi) is 4.65. The summed E-state index contributed by atoms with van der Waals surface area (Å²) in [4.78, 5) is 18.5. The summed E-state index contributed by atoms with van der Waals surface area (Å²) in [6.45, 7) is 4.80. The topological polar surface area (TPSA) is 46.3 Å². The van der Waals surface area contributed by atoms with Gasteiger partial charge in [0.1, 0.15) is 5.58 Å². The van der Waals surface area contributed by atoms with Gasteiger partial charge in [-0.2, -0.15) is 0 Å². The van der Waals surface area contributed by atoms with E-state index in [-0.39, 0.29) is 5.91 Å². The average molecular weight is 322 g/mol. The molecular formula is C20H22N2O2. The molecule has 124 valence electrons. The predicted molar refractivity (Wildman–Crippen MR) is 95.0 cm³/mol. The number of fused-ring (bicyclic) bond motifs is 1. The van der Waals surface area contributed by atoms with Gasteiger partial charge in [-0.15, -0.1) is 0 Å². The summed E-state index contributed by atoms with van der Waals surface area (Å²) in [5, 5.41) is 1.03. The summed E-state index contributed by atoms with van der Waals surface area (Å²) in [6.07, 6.45) is 4.59. The van der Waals surface area contributed by atoms with Crippen LogP contribution < -0.4 is 0 Å². The maximum atomic E-state index is 12.5. The number of rotatable bonds is 5. The van der Waals surface area contributed by atoms with E-state index < -0.39 is 0 Å². The van der Waals surface area contributed by atoms with Crippen molar-refractivity contribution in [1.82, 2.24) is 9.88 Å². The van der Waals surface area contributed by atoms with Crippen LogP contribution in [-0.2, 0) is 17.6 Å². The fourth-order valence-electron chi connectivity index (χ4n) is 2.72. The Morgan fingerprint density at radius 3 is 2.75 bits per heavy atom. The number of likely N-dealkylation sites (N-methyl/N-ethyl adjacent to an activating group) is 1. The summed E-state index contributed by atoms with van der Waals surface area (Å²) in [5.41, 5.74) is 5.19. The van der Waals surface area contributed by atoms with Crippen molar-refractivity contribution in [3.8, 4) is 0 Å². The number of aromatic nitrogens is 1. The minimum atomic E-state index is 0.0897. The van der Waals surface area contributed by atoms with Crippen molar-refractivity contribution in [3.05, 3.63) is 65.2 Å². The molecule has 0 fully saturated rings. The summed E-state index contributed by atoms with van der Waals surface area (Å²) in [7, 11) is 1.84. The fraction of sp³-hybridized carbons (Fsp3) is 0.300. The number of hydrogen-bond donors (Lipinski definition) is 0. The molecule has 0 radical (unpaired) electrons. The molecule has 0 aliphatic heterocycles. The molecule has 0 saturated carbocycles. The van der Waals surface area contributed by atoms with Crippen LogP contribution in [0.2, 0.25) is 0 Å². The highest BCUT2D eigenvalue weighted by atomic mass is 16.3. The molecule has 4 nitrogen and oxygen atoms in total. The zero-order valence-corrected chi connectivity index (χ0v) is 14.4. The van der Waals surface area contributed by atoms with Crippen LogP contribution in [0.1, 0.15) is 22.4 Å². The van der Waals surface area contributed by atoms with Gasteiger partial charge in [0.15, 0.2) is 0 Å². The van der Waals surface area contributed by atoms with Crippen molar-refractivity contribution in [2.45, 2.75) is 26.7 Å². The molecule has 0 atom stereocenters. The molecule has 24 heavy (non-hydrogen) atoms. The van der Waals surface area contributed by atoms with Crippen molar-refractivity contribution < 1.29 is 9.21 Å². The second-order valence-electron chi connectivity index (χ2n) is 6.26. The van der Waals surface area contributed by atoms with Crippen LogP contribution in [0.5, 0.6) is 0 Å². The molecule has 4 heteroatoms. The van der Waals surface area contributed by atoms with Crippen LogP contribution in [0.15, 0.2) is 47.2 Å². The van der Waals surface area contributed by atoms with Crippen LogP contribution in [0.25, 0.3) is 11.0 Å². The largest absolute Gasteiger partial charge is 0.464 e. The molecule has 3 rings (SSSR count). The van der Waals surface area contributed by atoms with E-state index in [0.717, 1.165) is 28.6 Å². The first kappa shape index (κ1) is 16.2. The van der Waals surface area contributed by atoms with Gasteiger partial charge >= 0.3 is 0 Å². The van der Waals surface area contributed by atoms with E-state index in [0.29, 0.717) is 13.0 Å². The maximum Gasteiger partial charge on any atom is 0.226 e. The first-order valence-electron chi connectivity index (χ1n) is 8.16. The normalized spacial score (nSPS) is 11.0. The third-order valence-corrected chi connectivity index (χ3v) is 4.47. The first-order chi connectivity index (χ1) is 11.5. The number of aryl methyl sites for hydroxylation is 2. The van der Waals surface area contributed by atoms with E-state index >= 15 is 0 Å². The summed E-state index contributed by atoms with van der Waals surface area (Å²) < 4.78 is 5.61.